The average molecular weight is 289 g/mol. The van der Waals surface area contributed by atoms with E-state index in [1.165, 1.54) is 12.8 Å². The molecule has 1 saturated carbocycles. The van der Waals surface area contributed by atoms with Crippen LogP contribution in [0.4, 0.5) is 0 Å². The molecule has 0 amide bonds. The van der Waals surface area contributed by atoms with Gasteiger partial charge >= 0.3 is 5.97 Å². The lowest BCUT2D eigenvalue weighted by Gasteiger charge is -2.21. The van der Waals surface area contributed by atoms with Crippen molar-refractivity contribution < 1.29 is 14.6 Å². The van der Waals surface area contributed by atoms with Crippen molar-refractivity contribution >= 4 is 5.97 Å². The van der Waals surface area contributed by atoms with Gasteiger partial charge < -0.3 is 9.84 Å². The number of ether oxygens (including phenoxy) is 1. The molecule has 0 aromatic carbocycles. The van der Waals surface area contributed by atoms with E-state index < -0.39 is 5.97 Å². The summed E-state index contributed by atoms with van der Waals surface area (Å²) in [5.74, 6) is -0.588. The summed E-state index contributed by atoms with van der Waals surface area (Å²) >= 11 is 0. The summed E-state index contributed by atoms with van der Waals surface area (Å²) in [6.45, 7) is 0. The van der Waals surface area contributed by atoms with E-state index in [1.54, 1.807) is 6.07 Å². The second-order valence-electron chi connectivity index (χ2n) is 6.19. The highest BCUT2D eigenvalue weighted by molar-refractivity contribution is 5.90. The Morgan fingerprint density at radius 3 is 2.52 bits per heavy atom. The zero-order valence-corrected chi connectivity index (χ0v) is 12.4. The van der Waals surface area contributed by atoms with Crippen LogP contribution in [0.3, 0.4) is 0 Å². The molecule has 114 valence electrons. The van der Waals surface area contributed by atoms with Crippen molar-refractivity contribution in [2.24, 2.45) is 0 Å². The summed E-state index contributed by atoms with van der Waals surface area (Å²) in [6.07, 6.45) is 11.1. The molecule has 0 bridgehead atoms. The highest BCUT2D eigenvalue weighted by Gasteiger charge is 2.23. The van der Waals surface area contributed by atoms with Crippen molar-refractivity contribution in [3.05, 3.63) is 22.9 Å². The number of carboxylic acids is 1. The maximum atomic E-state index is 11.5. The zero-order chi connectivity index (χ0) is 14.7. The quantitative estimate of drug-likeness (QED) is 0.861. The van der Waals surface area contributed by atoms with Gasteiger partial charge in [-0.25, -0.2) is 9.78 Å². The molecule has 0 spiro atoms. The van der Waals surface area contributed by atoms with E-state index in [0.717, 1.165) is 62.6 Å². The lowest BCUT2D eigenvalue weighted by molar-refractivity contribution is 0.0685. The van der Waals surface area contributed by atoms with Crippen LogP contribution in [0.15, 0.2) is 6.07 Å². The predicted molar refractivity (Wildman–Crippen MR) is 80.0 cm³/mol. The number of aryl methyl sites for hydroxylation is 2. The molecule has 0 unspecified atom stereocenters. The lowest BCUT2D eigenvalue weighted by Crippen LogP contribution is -2.19. The first-order valence-corrected chi connectivity index (χ1v) is 8.17. The van der Waals surface area contributed by atoms with Gasteiger partial charge in [0.15, 0.2) is 0 Å². The Morgan fingerprint density at radius 1 is 1.10 bits per heavy atom. The number of nitrogens with zero attached hydrogens (tertiary/aromatic N) is 1. The van der Waals surface area contributed by atoms with Crippen LogP contribution in [0.1, 0.15) is 73.0 Å². The largest absolute Gasteiger partial charge is 0.477 e. The average Bonchev–Trinajstić information content (AvgIpc) is 2.75. The molecular formula is C17H23NO3. The van der Waals surface area contributed by atoms with Crippen molar-refractivity contribution in [1.82, 2.24) is 4.98 Å². The topological polar surface area (TPSA) is 59.4 Å². The maximum Gasteiger partial charge on any atom is 0.341 e. The molecule has 1 aromatic heterocycles. The number of fused-ring (bicyclic) bond motifs is 1. The lowest BCUT2D eigenvalue weighted by atomic mass is 9.95. The molecule has 0 atom stereocenters. The maximum absolute atomic E-state index is 11.5. The molecular weight excluding hydrogens is 266 g/mol. The molecule has 3 rings (SSSR count). The van der Waals surface area contributed by atoms with Gasteiger partial charge in [0.25, 0.3) is 0 Å². The molecule has 0 radical (unpaired) electrons. The predicted octanol–water partition coefficient (Wildman–Crippen LogP) is 3.76. The second kappa shape index (κ2) is 6.46. The molecule has 0 aliphatic heterocycles. The van der Waals surface area contributed by atoms with Crippen LogP contribution in [0, 0.1) is 0 Å². The number of pyridine rings is 1. The normalized spacial score (nSPS) is 19.6. The van der Waals surface area contributed by atoms with Gasteiger partial charge in [-0.15, -0.1) is 0 Å². The number of carboxylic acid groups (broad SMARTS) is 1. The van der Waals surface area contributed by atoms with Gasteiger partial charge in [0.1, 0.15) is 11.7 Å². The van der Waals surface area contributed by atoms with Crippen molar-refractivity contribution in [3.63, 3.8) is 0 Å². The molecule has 1 heterocycles. The number of rotatable bonds is 3. The first kappa shape index (κ1) is 14.4. The Bertz CT molecular complexity index is 519. The first-order chi connectivity index (χ1) is 10.2. The van der Waals surface area contributed by atoms with E-state index in [2.05, 4.69) is 4.98 Å². The van der Waals surface area contributed by atoms with Gasteiger partial charge in [-0.3, -0.25) is 0 Å². The minimum atomic E-state index is -0.931. The molecule has 2 aliphatic carbocycles. The van der Waals surface area contributed by atoms with Crippen molar-refractivity contribution in [3.8, 4) is 5.88 Å². The molecule has 1 N–H and O–H groups in total. The Hall–Kier alpha value is -1.58. The van der Waals surface area contributed by atoms with Crippen LogP contribution >= 0.6 is 0 Å². The highest BCUT2D eigenvalue weighted by Crippen LogP contribution is 2.29. The Kier molecular flexibility index (Phi) is 4.42. The minimum Gasteiger partial charge on any atom is -0.477 e. The van der Waals surface area contributed by atoms with Gasteiger partial charge in [0.2, 0.25) is 5.88 Å². The van der Waals surface area contributed by atoms with Gasteiger partial charge in [0.05, 0.1) is 0 Å². The van der Waals surface area contributed by atoms with E-state index in [-0.39, 0.29) is 11.7 Å². The van der Waals surface area contributed by atoms with Gasteiger partial charge in [0, 0.05) is 5.69 Å². The van der Waals surface area contributed by atoms with Crippen LogP contribution in [0.5, 0.6) is 5.88 Å². The zero-order valence-electron chi connectivity index (χ0n) is 12.4. The first-order valence-electron chi connectivity index (χ1n) is 8.17. The van der Waals surface area contributed by atoms with Gasteiger partial charge in [-0.2, -0.15) is 0 Å². The number of aromatic nitrogens is 1. The van der Waals surface area contributed by atoms with Crippen LogP contribution in [0.25, 0.3) is 0 Å². The number of hydrogen-bond acceptors (Lipinski definition) is 3. The molecule has 1 fully saturated rings. The Balaban J connectivity index is 1.86. The van der Waals surface area contributed by atoms with E-state index in [0.29, 0.717) is 5.88 Å². The molecule has 1 aromatic rings. The van der Waals surface area contributed by atoms with Gasteiger partial charge in [-0.05, 0) is 63.0 Å². The van der Waals surface area contributed by atoms with E-state index in [4.69, 9.17) is 4.74 Å². The molecule has 4 heteroatoms. The van der Waals surface area contributed by atoms with Gasteiger partial charge in [-0.1, -0.05) is 12.8 Å². The van der Waals surface area contributed by atoms with Crippen molar-refractivity contribution in [2.45, 2.75) is 70.3 Å². The summed E-state index contributed by atoms with van der Waals surface area (Å²) in [4.78, 5) is 16.1. The summed E-state index contributed by atoms with van der Waals surface area (Å²) in [7, 11) is 0. The monoisotopic (exact) mass is 289 g/mol. The Labute approximate surface area is 125 Å². The smallest absolute Gasteiger partial charge is 0.341 e. The highest BCUT2D eigenvalue weighted by atomic mass is 16.5. The van der Waals surface area contributed by atoms with E-state index in [1.807, 2.05) is 0 Å². The number of aromatic carboxylic acids is 1. The van der Waals surface area contributed by atoms with Crippen LogP contribution in [0.2, 0.25) is 0 Å². The molecule has 21 heavy (non-hydrogen) atoms. The van der Waals surface area contributed by atoms with Crippen molar-refractivity contribution in [1.29, 1.82) is 0 Å². The Morgan fingerprint density at radius 2 is 1.81 bits per heavy atom. The third-order valence-corrected chi connectivity index (χ3v) is 4.58. The minimum absolute atomic E-state index is 0.125. The second-order valence-corrected chi connectivity index (χ2v) is 6.19. The third kappa shape index (κ3) is 3.36. The molecule has 4 nitrogen and oxygen atoms in total. The summed E-state index contributed by atoms with van der Waals surface area (Å²) in [5, 5.41) is 9.43. The summed E-state index contributed by atoms with van der Waals surface area (Å²) < 4.78 is 6.00. The standard InChI is InChI=1S/C17H23NO3/c19-17(20)14-11-12-7-5-6-10-15(12)18-16(14)21-13-8-3-1-2-4-9-13/h11,13H,1-10H2,(H,19,20). The summed E-state index contributed by atoms with van der Waals surface area (Å²) in [5.41, 5.74) is 2.36. The van der Waals surface area contributed by atoms with Crippen LogP contribution in [-0.2, 0) is 12.8 Å². The fourth-order valence-corrected chi connectivity index (χ4v) is 3.38. The molecule has 2 aliphatic rings. The van der Waals surface area contributed by atoms with Crippen LogP contribution in [-0.4, -0.2) is 22.2 Å². The third-order valence-electron chi connectivity index (χ3n) is 4.58. The van der Waals surface area contributed by atoms with Crippen molar-refractivity contribution in [2.75, 3.05) is 0 Å². The molecule has 0 saturated heterocycles. The van der Waals surface area contributed by atoms with E-state index >= 15 is 0 Å². The van der Waals surface area contributed by atoms with E-state index in [9.17, 15) is 9.90 Å². The number of carbonyl (C=O) groups is 1. The fourth-order valence-electron chi connectivity index (χ4n) is 3.38. The fraction of sp³-hybridized carbons (Fsp3) is 0.647. The van der Waals surface area contributed by atoms with Crippen LogP contribution < -0.4 is 4.74 Å². The summed E-state index contributed by atoms with van der Waals surface area (Å²) in [6, 6.07) is 1.79. The number of hydrogen-bond donors (Lipinski definition) is 1. The SMILES string of the molecule is O=C(O)c1cc2c(nc1OC1CCCCCC1)CCCC2.